The lowest BCUT2D eigenvalue weighted by molar-refractivity contribution is -0.122. The van der Waals surface area contributed by atoms with Gasteiger partial charge < -0.3 is 0 Å². The summed E-state index contributed by atoms with van der Waals surface area (Å²) in [6.45, 7) is 7.15. The number of rotatable bonds is 5. The average Bonchev–Trinajstić information content (AvgIpc) is 2.26. The third kappa shape index (κ3) is 3.25. The fourth-order valence-electron chi connectivity index (χ4n) is 1.98. The Kier molecular flexibility index (Phi) is 4.76. The first-order valence-electron chi connectivity index (χ1n) is 6.11. The molecule has 0 N–H and O–H groups in total. The molecular formula is C15H19FO2. The molecule has 0 saturated heterocycles. The second-order valence-corrected chi connectivity index (χ2v) is 5.06. The zero-order valence-corrected chi connectivity index (χ0v) is 11.3. The minimum absolute atomic E-state index is 0.0570. The number of hydrogen-bond acceptors (Lipinski definition) is 2. The Morgan fingerprint density at radius 2 is 1.67 bits per heavy atom. The van der Waals surface area contributed by atoms with Gasteiger partial charge in [0.05, 0.1) is 0 Å². The molecule has 3 heteroatoms. The minimum atomic E-state index is -2.04. The van der Waals surface area contributed by atoms with Crippen molar-refractivity contribution in [2.24, 2.45) is 5.92 Å². The number of aryl methyl sites for hydroxylation is 2. The maximum absolute atomic E-state index is 13.9. The summed E-state index contributed by atoms with van der Waals surface area (Å²) in [6, 6.07) is 5.31. The number of carbonyl (C=O) groups excluding carboxylic acids is 2. The molecule has 98 valence electrons. The Labute approximate surface area is 107 Å². The van der Waals surface area contributed by atoms with Gasteiger partial charge in [0.25, 0.3) is 0 Å². The Morgan fingerprint density at radius 3 is 2.11 bits per heavy atom. The van der Waals surface area contributed by atoms with Gasteiger partial charge in [0.2, 0.25) is 12.0 Å². The molecule has 0 aliphatic carbocycles. The third-order valence-corrected chi connectivity index (χ3v) is 2.85. The van der Waals surface area contributed by atoms with Crippen molar-refractivity contribution in [3.05, 3.63) is 34.9 Å². The second kappa shape index (κ2) is 5.89. The van der Waals surface area contributed by atoms with Gasteiger partial charge in [-0.05, 0) is 30.9 Å². The van der Waals surface area contributed by atoms with E-state index in [0.717, 1.165) is 0 Å². The minimum Gasteiger partial charge on any atom is -0.296 e. The van der Waals surface area contributed by atoms with Crippen LogP contribution in [0.2, 0.25) is 0 Å². The van der Waals surface area contributed by atoms with E-state index < -0.39 is 17.7 Å². The maximum atomic E-state index is 13.9. The normalized spacial score (nSPS) is 12.6. The molecule has 1 atom stereocenters. The molecule has 0 aromatic heterocycles. The van der Waals surface area contributed by atoms with Crippen molar-refractivity contribution in [1.29, 1.82) is 0 Å². The molecule has 0 aliphatic heterocycles. The lowest BCUT2D eigenvalue weighted by Crippen LogP contribution is -2.28. The monoisotopic (exact) mass is 250 g/mol. The largest absolute Gasteiger partial charge is 0.296 e. The number of carbonyl (C=O) groups is 2. The summed E-state index contributed by atoms with van der Waals surface area (Å²) in [4.78, 5) is 23.6. The molecule has 1 aromatic carbocycles. The van der Waals surface area contributed by atoms with Crippen LogP contribution >= 0.6 is 0 Å². The van der Waals surface area contributed by atoms with Crippen molar-refractivity contribution in [3.8, 4) is 0 Å². The van der Waals surface area contributed by atoms with Crippen LogP contribution in [0.25, 0.3) is 0 Å². The van der Waals surface area contributed by atoms with Gasteiger partial charge in [-0.1, -0.05) is 32.0 Å². The first kappa shape index (κ1) is 14.6. The van der Waals surface area contributed by atoms with E-state index in [4.69, 9.17) is 0 Å². The van der Waals surface area contributed by atoms with E-state index in [2.05, 4.69) is 0 Å². The highest BCUT2D eigenvalue weighted by molar-refractivity contribution is 6.14. The Balaban J connectivity index is 2.97. The van der Waals surface area contributed by atoms with Crippen molar-refractivity contribution < 1.29 is 14.0 Å². The topological polar surface area (TPSA) is 34.1 Å². The highest BCUT2D eigenvalue weighted by Gasteiger charge is 2.29. The molecule has 0 radical (unpaired) electrons. The van der Waals surface area contributed by atoms with Crippen molar-refractivity contribution in [2.75, 3.05) is 0 Å². The van der Waals surface area contributed by atoms with E-state index >= 15 is 0 Å². The van der Waals surface area contributed by atoms with Gasteiger partial charge in [-0.25, -0.2) is 4.39 Å². The summed E-state index contributed by atoms with van der Waals surface area (Å²) in [5.41, 5.74) is 1.75. The second-order valence-electron chi connectivity index (χ2n) is 5.06. The Morgan fingerprint density at radius 1 is 1.17 bits per heavy atom. The van der Waals surface area contributed by atoms with Crippen LogP contribution in [0.1, 0.15) is 41.8 Å². The van der Waals surface area contributed by atoms with Crippen molar-refractivity contribution in [3.63, 3.8) is 0 Å². The molecular weight excluding hydrogens is 231 g/mol. The zero-order chi connectivity index (χ0) is 13.9. The molecule has 0 spiro atoms. The van der Waals surface area contributed by atoms with Gasteiger partial charge in [0, 0.05) is 12.0 Å². The lowest BCUT2D eigenvalue weighted by Gasteiger charge is -2.12. The van der Waals surface area contributed by atoms with Crippen LogP contribution in [0.3, 0.4) is 0 Å². The van der Waals surface area contributed by atoms with Crippen LogP contribution in [0.5, 0.6) is 0 Å². The quantitative estimate of drug-likeness (QED) is 0.592. The molecule has 0 fully saturated rings. The third-order valence-electron chi connectivity index (χ3n) is 2.85. The van der Waals surface area contributed by atoms with Crippen LogP contribution in [-0.2, 0) is 4.79 Å². The number of Topliss-reactive ketones (excluding diaryl/α,β-unsaturated/α-hetero) is 2. The van der Waals surface area contributed by atoms with Crippen LogP contribution < -0.4 is 0 Å². The molecule has 2 nitrogen and oxygen atoms in total. The summed E-state index contributed by atoms with van der Waals surface area (Å²) >= 11 is 0. The molecule has 0 saturated carbocycles. The molecule has 18 heavy (non-hydrogen) atoms. The molecule has 0 amide bonds. The standard InChI is InChI=1S/C15H19FO2/c1-9(2)8-12(17)14(16)15(18)13-10(3)6-5-7-11(13)4/h5-7,9,14H,8H2,1-4H3. The van der Waals surface area contributed by atoms with Gasteiger partial charge in [0.1, 0.15) is 0 Å². The predicted octanol–water partition coefficient (Wildman–Crippen LogP) is 3.44. The van der Waals surface area contributed by atoms with Gasteiger partial charge in [0.15, 0.2) is 5.78 Å². The molecule has 0 aliphatic rings. The Bertz CT molecular complexity index is 443. The van der Waals surface area contributed by atoms with E-state index in [1.807, 2.05) is 19.9 Å². The van der Waals surface area contributed by atoms with Gasteiger partial charge >= 0.3 is 0 Å². The van der Waals surface area contributed by atoms with Crippen molar-refractivity contribution in [2.45, 2.75) is 40.3 Å². The van der Waals surface area contributed by atoms with E-state index in [0.29, 0.717) is 16.7 Å². The molecule has 1 rings (SSSR count). The summed E-state index contributed by atoms with van der Waals surface area (Å²) < 4.78 is 13.9. The SMILES string of the molecule is Cc1cccc(C)c1C(=O)C(F)C(=O)CC(C)C. The number of ketones is 2. The number of alkyl halides is 1. The van der Waals surface area contributed by atoms with Crippen LogP contribution in [-0.4, -0.2) is 17.7 Å². The summed E-state index contributed by atoms with van der Waals surface area (Å²) in [7, 11) is 0. The highest BCUT2D eigenvalue weighted by atomic mass is 19.1. The number of halogens is 1. The fraction of sp³-hybridized carbons (Fsp3) is 0.467. The van der Waals surface area contributed by atoms with Crippen LogP contribution in [0.4, 0.5) is 4.39 Å². The van der Waals surface area contributed by atoms with E-state index in [-0.39, 0.29) is 12.3 Å². The average molecular weight is 250 g/mol. The maximum Gasteiger partial charge on any atom is 0.220 e. The molecule has 0 heterocycles. The van der Waals surface area contributed by atoms with E-state index in [1.165, 1.54) is 0 Å². The first-order valence-corrected chi connectivity index (χ1v) is 6.11. The van der Waals surface area contributed by atoms with Crippen LogP contribution in [0, 0.1) is 19.8 Å². The molecule has 1 aromatic rings. The summed E-state index contributed by atoms with van der Waals surface area (Å²) in [5, 5.41) is 0. The number of benzene rings is 1. The first-order chi connectivity index (χ1) is 8.34. The molecule has 0 bridgehead atoms. The van der Waals surface area contributed by atoms with Crippen LogP contribution in [0.15, 0.2) is 18.2 Å². The van der Waals surface area contributed by atoms with Crippen molar-refractivity contribution in [1.82, 2.24) is 0 Å². The summed E-state index contributed by atoms with van der Waals surface area (Å²) in [5.74, 6) is -1.28. The predicted molar refractivity (Wildman–Crippen MR) is 69.6 cm³/mol. The van der Waals surface area contributed by atoms with Gasteiger partial charge in [-0.2, -0.15) is 0 Å². The van der Waals surface area contributed by atoms with E-state index in [9.17, 15) is 14.0 Å². The molecule has 1 unspecified atom stereocenters. The summed E-state index contributed by atoms with van der Waals surface area (Å²) in [6.07, 6.45) is -1.94. The fourth-order valence-corrected chi connectivity index (χ4v) is 1.98. The van der Waals surface area contributed by atoms with E-state index in [1.54, 1.807) is 26.0 Å². The zero-order valence-electron chi connectivity index (χ0n) is 11.3. The Hall–Kier alpha value is -1.51. The highest BCUT2D eigenvalue weighted by Crippen LogP contribution is 2.18. The smallest absolute Gasteiger partial charge is 0.220 e. The van der Waals surface area contributed by atoms with Gasteiger partial charge in [-0.3, -0.25) is 9.59 Å². The lowest BCUT2D eigenvalue weighted by atomic mass is 9.93. The number of hydrogen-bond donors (Lipinski definition) is 0. The van der Waals surface area contributed by atoms with Gasteiger partial charge in [-0.15, -0.1) is 0 Å². The van der Waals surface area contributed by atoms with Crippen molar-refractivity contribution >= 4 is 11.6 Å².